The summed E-state index contributed by atoms with van der Waals surface area (Å²) in [5, 5.41) is 5.17. The van der Waals surface area contributed by atoms with Crippen LogP contribution in [0.4, 0.5) is 36.2 Å². The van der Waals surface area contributed by atoms with Gasteiger partial charge in [-0.3, -0.25) is 4.79 Å². The molecule has 172 valence electrons. The minimum absolute atomic E-state index is 0.00632. The first-order valence-electron chi connectivity index (χ1n) is 10.3. The number of fused-ring (bicyclic) bond motifs is 1. The SMILES string of the molecule is CC(=O)Nc1ccc(Nc2ncc(F)c(-c3cc(F)c4c(c3)N(C(C)C)CCO4)n2)cc1F. The maximum atomic E-state index is 14.8. The Kier molecular flexibility index (Phi) is 6.08. The molecule has 1 aromatic heterocycles. The van der Waals surface area contributed by atoms with E-state index in [1.54, 1.807) is 6.07 Å². The lowest BCUT2D eigenvalue weighted by Gasteiger charge is -2.34. The molecular weight excluding hydrogens is 435 g/mol. The van der Waals surface area contributed by atoms with Gasteiger partial charge >= 0.3 is 0 Å². The van der Waals surface area contributed by atoms with Crippen molar-refractivity contribution in [1.29, 1.82) is 0 Å². The zero-order valence-electron chi connectivity index (χ0n) is 18.2. The van der Waals surface area contributed by atoms with Gasteiger partial charge in [-0.25, -0.2) is 23.1 Å². The van der Waals surface area contributed by atoms with Crippen molar-refractivity contribution >= 4 is 28.9 Å². The molecule has 1 amide bonds. The van der Waals surface area contributed by atoms with Crippen molar-refractivity contribution in [2.45, 2.75) is 26.8 Å². The highest BCUT2D eigenvalue weighted by Crippen LogP contribution is 2.39. The summed E-state index contributed by atoms with van der Waals surface area (Å²) in [6.45, 7) is 6.16. The van der Waals surface area contributed by atoms with Gasteiger partial charge in [0.25, 0.3) is 0 Å². The summed E-state index contributed by atoms with van der Waals surface area (Å²) in [4.78, 5) is 21.2. The van der Waals surface area contributed by atoms with Crippen LogP contribution in [0.15, 0.2) is 36.5 Å². The Morgan fingerprint density at radius 2 is 1.91 bits per heavy atom. The third-order valence-electron chi connectivity index (χ3n) is 5.09. The average Bonchev–Trinajstić information content (AvgIpc) is 2.76. The second kappa shape index (κ2) is 8.97. The quantitative estimate of drug-likeness (QED) is 0.569. The van der Waals surface area contributed by atoms with Crippen LogP contribution in [0.5, 0.6) is 5.75 Å². The first-order chi connectivity index (χ1) is 15.7. The van der Waals surface area contributed by atoms with Crippen molar-refractivity contribution in [1.82, 2.24) is 9.97 Å². The van der Waals surface area contributed by atoms with Gasteiger partial charge in [-0.1, -0.05) is 0 Å². The van der Waals surface area contributed by atoms with Gasteiger partial charge in [0.05, 0.1) is 24.1 Å². The Morgan fingerprint density at radius 3 is 2.61 bits per heavy atom. The van der Waals surface area contributed by atoms with Gasteiger partial charge < -0.3 is 20.3 Å². The predicted molar refractivity (Wildman–Crippen MR) is 119 cm³/mol. The van der Waals surface area contributed by atoms with Gasteiger partial charge in [0.15, 0.2) is 17.4 Å². The van der Waals surface area contributed by atoms with E-state index in [-0.39, 0.29) is 40.4 Å². The minimum atomic E-state index is -0.736. The first-order valence-corrected chi connectivity index (χ1v) is 10.3. The van der Waals surface area contributed by atoms with Crippen molar-refractivity contribution in [2.24, 2.45) is 0 Å². The Bertz CT molecular complexity index is 1220. The van der Waals surface area contributed by atoms with Gasteiger partial charge in [0.1, 0.15) is 18.1 Å². The molecule has 0 saturated heterocycles. The molecule has 10 heteroatoms. The third-order valence-corrected chi connectivity index (χ3v) is 5.09. The minimum Gasteiger partial charge on any atom is -0.486 e. The lowest BCUT2D eigenvalue weighted by molar-refractivity contribution is -0.114. The second-order valence-electron chi connectivity index (χ2n) is 7.83. The fourth-order valence-corrected chi connectivity index (χ4v) is 3.62. The maximum absolute atomic E-state index is 14.8. The number of nitrogens with one attached hydrogen (secondary N) is 2. The first kappa shape index (κ1) is 22.4. The predicted octanol–water partition coefficient (Wildman–Crippen LogP) is 4.87. The monoisotopic (exact) mass is 457 g/mol. The Balaban J connectivity index is 1.67. The summed E-state index contributed by atoms with van der Waals surface area (Å²) in [6, 6.07) is 6.92. The van der Waals surface area contributed by atoms with E-state index in [1.807, 2.05) is 18.7 Å². The molecular formula is C23H22F3N5O2. The van der Waals surface area contributed by atoms with Gasteiger partial charge in [-0.15, -0.1) is 0 Å². The molecule has 7 nitrogen and oxygen atoms in total. The number of hydrogen-bond acceptors (Lipinski definition) is 6. The summed E-state index contributed by atoms with van der Waals surface area (Å²) in [6.07, 6.45) is 0.959. The van der Waals surface area contributed by atoms with E-state index in [1.165, 1.54) is 25.1 Å². The van der Waals surface area contributed by atoms with Crippen LogP contribution in [0.1, 0.15) is 20.8 Å². The number of benzene rings is 2. The van der Waals surface area contributed by atoms with Gasteiger partial charge in [0, 0.05) is 24.2 Å². The number of amides is 1. The maximum Gasteiger partial charge on any atom is 0.227 e. The number of halogens is 3. The van der Waals surface area contributed by atoms with Crippen molar-refractivity contribution in [3.63, 3.8) is 0 Å². The summed E-state index contributed by atoms with van der Waals surface area (Å²) >= 11 is 0. The van der Waals surface area contributed by atoms with Crippen molar-refractivity contribution in [2.75, 3.05) is 28.7 Å². The van der Waals surface area contributed by atoms with Crippen LogP contribution in [-0.4, -0.2) is 35.1 Å². The molecule has 0 saturated carbocycles. The molecule has 33 heavy (non-hydrogen) atoms. The van der Waals surface area contributed by atoms with Crippen LogP contribution in [-0.2, 0) is 4.79 Å². The highest BCUT2D eigenvalue weighted by atomic mass is 19.1. The molecule has 4 rings (SSSR count). The Hall–Kier alpha value is -3.82. The van der Waals surface area contributed by atoms with Crippen LogP contribution in [0.2, 0.25) is 0 Å². The van der Waals surface area contributed by atoms with Crippen LogP contribution in [0.3, 0.4) is 0 Å². The summed E-state index contributed by atoms with van der Waals surface area (Å²) < 4.78 is 49.1. The molecule has 3 aromatic rings. The standard InChI is InChI=1S/C23H22F3N5O2/c1-12(2)31-6-7-33-22-17(25)8-14(9-20(22)31)21-18(26)11-27-23(30-21)29-15-4-5-19(16(24)10-15)28-13(3)32/h4-5,8-12H,6-7H2,1-3H3,(H,28,32)(H,27,29,30). The number of ether oxygens (including phenoxy) is 1. The van der Waals surface area contributed by atoms with E-state index in [0.29, 0.717) is 18.8 Å². The van der Waals surface area contributed by atoms with Crippen LogP contribution in [0.25, 0.3) is 11.3 Å². The smallest absolute Gasteiger partial charge is 0.227 e. The number of carbonyl (C=O) groups is 1. The van der Waals surface area contributed by atoms with E-state index in [0.717, 1.165) is 12.3 Å². The number of anilines is 4. The fraction of sp³-hybridized carbons (Fsp3) is 0.261. The van der Waals surface area contributed by atoms with E-state index < -0.39 is 23.4 Å². The normalized spacial score (nSPS) is 12.9. The molecule has 0 bridgehead atoms. The number of rotatable bonds is 5. The number of aromatic nitrogens is 2. The van der Waals surface area contributed by atoms with Gasteiger partial charge in [-0.05, 0) is 44.2 Å². The molecule has 0 radical (unpaired) electrons. The Labute approximate surface area is 188 Å². The third kappa shape index (κ3) is 4.69. The van der Waals surface area contributed by atoms with Crippen molar-refractivity contribution < 1.29 is 22.7 Å². The summed E-state index contributed by atoms with van der Waals surface area (Å²) in [5.74, 6) is -2.30. The number of nitrogens with zero attached hydrogens (tertiary/aromatic N) is 3. The lowest BCUT2D eigenvalue weighted by atomic mass is 10.1. The molecule has 0 fully saturated rings. The van der Waals surface area contributed by atoms with E-state index in [4.69, 9.17) is 4.74 Å². The second-order valence-corrected chi connectivity index (χ2v) is 7.83. The molecule has 0 unspecified atom stereocenters. The van der Waals surface area contributed by atoms with E-state index in [2.05, 4.69) is 20.6 Å². The highest BCUT2D eigenvalue weighted by molar-refractivity contribution is 5.89. The van der Waals surface area contributed by atoms with Crippen LogP contribution < -0.4 is 20.3 Å². The highest BCUT2D eigenvalue weighted by Gasteiger charge is 2.25. The molecule has 2 aromatic carbocycles. The zero-order valence-corrected chi connectivity index (χ0v) is 18.2. The van der Waals surface area contributed by atoms with Gasteiger partial charge in [0.2, 0.25) is 11.9 Å². The zero-order chi connectivity index (χ0) is 23.7. The number of carbonyl (C=O) groups excluding carboxylic acids is 1. The van der Waals surface area contributed by atoms with Crippen molar-refractivity contribution in [3.8, 4) is 17.0 Å². The fourth-order valence-electron chi connectivity index (χ4n) is 3.62. The molecule has 0 spiro atoms. The largest absolute Gasteiger partial charge is 0.486 e. The molecule has 2 N–H and O–H groups in total. The molecule has 0 atom stereocenters. The topological polar surface area (TPSA) is 79.4 Å². The molecule has 2 heterocycles. The molecule has 1 aliphatic heterocycles. The summed E-state index contributed by atoms with van der Waals surface area (Å²) in [5.41, 5.74) is 0.941. The Morgan fingerprint density at radius 1 is 1.12 bits per heavy atom. The molecule has 1 aliphatic rings. The van der Waals surface area contributed by atoms with E-state index >= 15 is 0 Å². The van der Waals surface area contributed by atoms with Gasteiger partial charge in [-0.2, -0.15) is 0 Å². The van der Waals surface area contributed by atoms with Crippen molar-refractivity contribution in [3.05, 3.63) is 54.0 Å². The molecule has 0 aliphatic carbocycles. The lowest BCUT2D eigenvalue weighted by Crippen LogP contribution is -2.38. The summed E-state index contributed by atoms with van der Waals surface area (Å²) in [7, 11) is 0. The number of hydrogen-bond donors (Lipinski definition) is 2. The van der Waals surface area contributed by atoms with Crippen LogP contribution in [0, 0.1) is 17.5 Å². The van der Waals surface area contributed by atoms with E-state index in [9.17, 15) is 18.0 Å². The van der Waals surface area contributed by atoms with Crippen LogP contribution >= 0.6 is 0 Å². The average molecular weight is 457 g/mol.